The van der Waals surface area contributed by atoms with Gasteiger partial charge in [-0.15, -0.1) is 0 Å². The van der Waals surface area contributed by atoms with Crippen molar-refractivity contribution in [2.24, 2.45) is 0 Å². The largest absolute Gasteiger partial charge is 0.336 e. The SMILES string of the molecule is CCN(CC)C(CNC(=O)Nc1ccccc1[N+](=O)[O-])c1ccccc1. The van der Waals surface area contributed by atoms with Gasteiger partial charge in [0.2, 0.25) is 0 Å². The van der Waals surface area contributed by atoms with Gasteiger partial charge in [0.05, 0.1) is 11.0 Å². The normalized spacial score (nSPS) is 11.8. The summed E-state index contributed by atoms with van der Waals surface area (Å²) in [5.74, 6) is 0. The van der Waals surface area contributed by atoms with Gasteiger partial charge in [-0.25, -0.2) is 4.79 Å². The Morgan fingerprint density at radius 1 is 1.08 bits per heavy atom. The Morgan fingerprint density at radius 2 is 1.69 bits per heavy atom. The van der Waals surface area contributed by atoms with Crippen LogP contribution in [0.1, 0.15) is 25.5 Å². The minimum absolute atomic E-state index is 0.0303. The summed E-state index contributed by atoms with van der Waals surface area (Å²) in [5, 5.41) is 16.4. The molecule has 2 aromatic carbocycles. The number of rotatable bonds is 8. The van der Waals surface area contributed by atoms with Crippen molar-refractivity contribution in [2.75, 3.05) is 25.0 Å². The van der Waals surface area contributed by atoms with E-state index in [4.69, 9.17) is 0 Å². The fourth-order valence-electron chi connectivity index (χ4n) is 2.89. The molecule has 0 fully saturated rings. The van der Waals surface area contributed by atoms with Crippen LogP contribution in [0.4, 0.5) is 16.2 Å². The maximum absolute atomic E-state index is 12.3. The van der Waals surface area contributed by atoms with E-state index < -0.39 is 11.0 Å². The molecule has 0 saturated carbocycles. The predicted octanol–water partition coefficient (Wildman–Crippen LogP) is 3.80. The number of nitro groups is 1. The molecule has 2 N–H and O–H groups in total. The van der Waals surface area contributed by atoms with Crippen LogP contribution >= 0.6 is 0 Å². The summed E-state index contributed by atoms with van der Waals surface area (Å²) in [7, 11) is 0. The summed E-state index contributed by atoms with van der Waals surface area (Å²) in [6, 6.07) is 15.6. The number of carbonyl (C=O) groups is 1. The van der Waals surface area contributed by atoms with Gasteiger partial charge in [-0.2, -0.15) is 0 Å². The zero-order valence-electron chi connectivity index (χ0n) is 15.0. The molecule has 7 nitrogen and oxygen atoms in total. The number of likely N-dealkylation sites (N-methyl/N-ethyl adjacent to an activating group) is 1. The minimum atomic E-state index is -0.516. The standard InChI is InChI=1S/C19H24N4O3/c1-3-22(4-2)18(15-10-6-5-7-11-15)14-20-19(24)21-16-12-8-9-13-17(16)23(25)26/h5-13,18H,3-4,14H2,1-2H3,(H2,20,21,24). The molecule has 2 amide bonds. The zero-order chi connectivity index (χ0) is 18.9. The molecule has 0 aliphatic heterocycles. The van der Waals surface area contributed by atoms with Crippen LogP contribution in [-0.4, -0.2) is 35.5 Å². The van der Waals surface area contributed by atoms with E-state index in [0.717, 1.165) is 18.7 Å². The second-order valence-corrected chi connectivity index (χ2v) is 5.76. The fraction of sp³-hybridized carbons (Fsp3) is 0.316. The first-order valence-corrected chi connectivity index (χ1v) is 8.64. The van der Waals surface area contributed by atoms with Gasteiger partial charge in [-0.05, 0) is 24.7 Å². The molecule has 2 rings (SSSR count). The van der Waals surface area contributed by atoms with Crippen molar-refractivity contribution in [3.05, 3.63) is 70.3 Å². The van der Waals surface area contributed by atoms with Crippen molar-refractivity contribution >= 4 is 17.4 Å². The minimum Gasteiger partial charge on any atom is -0.336 e. The van der Waals surface area contributed by atoms with Crippen LogP contribution in [0.15, 0.2) is 54.6 Å². The van der Waals surface area contributed by atoms with Gasteiger partial charge in [-0.1, -0.05) is 56.3 Å². The molecule has 0 heterocycles. The van der Waals surface area contributed by atoms with Crippen molar-refractivity contribution in [1.82, 2.24) is 10.2 Å². The van der Waals surface area contributed by atoms with Gasteiger partial charge in [0.15, 0.2) is 0 Å². The monoisotopic (exact) mass is 356 g/mol. The van der Waals surface area contributed by atoms with E-state index in [1.54, 1.807) is 12.1 Å². The summed E-state index contributed by atoms with van der Waals surface area (Å²) in [6.07, 6.45) is 0. The highest BCUT2D eigenvalue weighted by atomic mass is 16.6. The third-order valence-corrected chi connectivity index (χ3v) is 4.24. The lowest BCUT2D eigenvalue weighted by Gasteiger charge is -2.30. The Hall–Kier alpha value is -2.93. The van der Waals surface area contributed by atoms with Gasteiger partial charge >= 0.3 is 6.03 Å². The number of benzene rings is 2. The van der Waals surface area contributed by atoms with Crippen LogP contribution in [0.25, 0.3) is 0 Å². The molecular formula is C19H24N4O3. The lowest BCUT2D eigenvalue weighted by molar-refractivity contribution is -0.383. The fourth-order valence-corrected chi connectivity index (χ4v) is 2.89. The smallest absolute Gasteiger partial charge is 0.319 e. The van der Waals surface area contributed by atoms with Crippen LogP contribution in [-0.2, 0) is 0 Å². The first-order chi connectivity index (χ1) is 12.6. The molecule has 0 radical (unpaired) electrons. The van der Waals surface area contributed by atoms with E-state index in [0.29, 0.717) is 6.54 Å². The second kappa shape index (κ2) is 9.53. The highest BCUT2D eigenvalue weighted by molar-refractivity contribution is 5.91. The van der Waals surface area contributed by atoms with Crippen molar-refractivity contribution in [3.63, 3.8) is 0 Å². The summed E-state index contributed by atoms with van der Waals surface area (Å²) in [5.41, 5.74) is 1.15. The van der Waals surface area contributed by atoms with Gasteiger partial charge in [0.1, 0.15) is 5.69 Å². The van der Waals surface area contributed by atoms with Crippen LogP contribution in [0.5, 0.6) is 0 Å². The lowest BCUT2D eigenvalue weighted by Crippen LogP contribution is -2.39. The molecular weight excluding hydrogens is 332 g/mol. The number of nitrogens with one attached hydrogen (secondary N) is 2. The Labute approximate surface area is 153 Å². The average molecular weight is 356 g/mol. The quantitative estimate of drug-likeness (QED) is 0.556. The topological polar surface area (TPSA) is 87.5 Å². The number of hydrogen-bond donors (Lipinski definition) is 2. The maximum Gasteiger partial charge on any atom is 0.319 e. The third-order valence-electron chi connectivity index (χ3n) is 4.24. The van der Waals surface area contributed by atoms with Crippen LogP contribution in [0, 0.1) is 10.1 Å². The highest BCUT2D eigenvalue weighted by Crippen LogP contribution is 2.23. The Kier molecular flexibility index (Phi) is 7.11. The summed E-state index contributed by atoms with van der Waals surface area (Å²) >= 11 is 0. The molecule has 2 aromatic rings. The first kappa shape index (κ1) is 19.4. The molecule has 26 heavy (non-hydrogen) atoms. The molecule has 1 unspecified atom stereocenters. The molecule has 7 heteroatoms. The molecule has 0 aliphatic carbocycles. The summed E-state index contributed by atoms with van der Waals surface area (Å²) in [4.78, 5) is 25.0. The Morgan fingerprint density at radius 3 is 2.31 bits per heavy atom. The van der Waals surface area contributed by atoms with Crippen molar-refractivity contribution in [3.8, 4) is 0 Å². The predicted molar refractivity (Wildman–Crippen MR) is 102 cm³/mol. The zero-order valence-corrected chi connectivity index (χ0v) is 15.0. The Balaban J connectivity index is 2.07. The lowest BCUT2D eigenvalue weighted by atomic mass is 10.1. The average Bonchev–Trinajstić information content (AvgIpc) is 2.66. The van der Waals surface area contributed by atoms with E-state index in [-0.39, 0.29) is 17.4 Å². The number of urea groups is 1. The van der Waals surface area contributed by atoms with E-state index in [1.165, 1.54) is 12.1 Å². The third kappa shape index (κ3) is 5.03. The van der Waals surface area contributed by atoms with Gasteiger partial charge < -0.3 is 10.6 Å². The molecule has 0 aliphatic rings. The number of nitro benzene ring substituents is 1. The van der Waals surface area contributed by atoms with Crippen molar-refractivity contribution in [1.29, 1.82) is 0 Å². The first-order valence-electron chi connectivity index (χ1n) is 8.64. The number of nitrogens with zero attached hydrogens (tertiary/aromatic N) is 2. The molecule has 0 bridgehead atoms. The van der Waals surface area contributed by atoms with Gasteiger partial charge in [0.25, 0.3) is 5.69 Å². The second-order valence-electron chi connectivity index (χ2n) is 5.76. The molecule has 0 spiro atoms. The van der Waals surface area contributed by atoms with Crippen LogP contribution < -0.4 is 10.6 Å². The van der Waals surface area contributed by atoms with Crippen molar-refractivity contribution in [2.45, 2.75) is 19.9 Å². The highest BCUT2D eigenvalue weighted by Gasteiger charge is 2.20. The molecule has 138 valence electrons. The summed E-state index contributed by atoms with van der Waals surface area (Å²) < 4.78 is 0. The molecule has 0 aromatic heterocycles. The van der Waals surface area contributed by atoms with Gasteiger partial charge in [-0.3, -0.25) is 15.0 Å². The van der Waals surface area contributed by atoms with E-state index in [9.17, 15) is 14.9 Å². The number of hydrogen-bond acceptors (Lipinski definition) is 4. The van der Waals surface area contributed by atoms with Gasteiger partial charge in [0, 0.05) is 12.6 Å². The summed E-state index contributed by atoms with van der Waals surface area (Å²) in [6.45, 7) is 6.25. The van der Waals surface area contributed by atoms with E-state index in [2.05, 4.69) is 29.4 Å². The van der Waals surface area contributed by atoms with Crippen molar-refractivity contribution < 1.29 is 9.72 Å². The van der Waals surface area contributed by atoms with Crippen LogP contribution in [0.2, 0.25) is 0 Å². The van der Waals surface area contributed by atoms with Crippen LogP contribution in [0.3, 0.4) is 0 Å². The number of anilines is 1. The van der Waals surface area contributed by atoms with E-state index in [1.807, 2.05) is 30.3 Å². The number of para-hydroxylation sites is 2. The molecule has 1 atom stereocenters. The number of carbonyl (C=O) groups excluding carboxylic acids is 1. The molecule has 0 saturated heterocycles. The van der Waals surface area contributed by atoms with E-state index >= 15 is 0 Å². The number of amides is 2. The Bertz CT molecular complexity index is 733. The maximum atomic E-state index is 12.3.